The van der Waals surface area contributed by atoms with Gasteiger partial charge in [-0.3, -0.25) is 5.10 Å². The molecule has 3 heteroatoms. The Kier molecular flexibility index (Phi) is 2.48. The first-order valence-corrected chi connectivity index (χ1v) is 5.10. The summed E-state index contributed by atoms with van der Waals surface area (Å²) in [4.78, 5) is 4.33. The minimum Gasteiger partial charge on any atom is -0.261 e. The van der Waals surface area contributed by atoms with Crippen molar-refractivity contribution >= 4 is 11.0 Å². The second-order valence-corrected chi connectivity index (χ2v) is 3.77. The molecule has 0 aromatic carbocycles. The van der Waals surface area contributed by atoms with Gasteiger partial charge in [0.15, 0.2) is 5.65 Å². The van der Waals surface area contributed by atoms with Gasteiger partial charge in [0.25, 0.3) is 0 Å². The molecule has 1 N–H and O–H groups in total. The molecule has 0 spiro atoms. The first kappa shape index (κ1) is 9.19. The van der Waals surface area contributed by atoms with Crippen molar-refractivity contribution < 1.29 is 0 Å². The predicted molar refractivity (Wildman–Crippen MR) is 57.2 cm³/mol. The van der Waals surface area contributed by atoms with E-state index in [4.69, 9.17) is 0 Å². The Morgan fingerprint density at radius 3 is 3.07 bits per heavy atom. The fourth-order valence-corrected chi connectivity index (χ4v) is 1.72. The van der Waals surface area contributed by atoms with Crippen LogP contribution in [-0.2, 0) is 0 Å². The quantitative estimate of drug-likeness (QED) is 0.806. The number of H-pyrrole nitrogens is 1. The zero-order valence-electron chi connectivity index (χ0n) is 8.62. The van der Waals surface area contributed by atoms with E-state index in [0.717, 1.165) is 11.0 Å². The highest BCUT2D eigenvalue weighted by molar-refractivity contribution is 5.74. The molecule has 2 aromatic heterocycles. The van der Waals surface area contributed by atoms with Crippen LogP contribution < -0.4 is 0 Å². The summed E-state index contributed by atoms with van der Waals surface area (Å²) in [7, 11) is 0. The number of rotatable bonds is 3. The van der Waals surface area contributed by atoms with Crippen LogP contribution in [0.5, 0.6) is 0 Å². The van der Waals surface area contributed by atoms with E-state index in [1.54, 1.807) is 0 Å². The summed E-state index contributed by atoms with van der Waals surface area (Å²) < 4.78 is 0. The highest BCUT2D eigenvalue weighted by atomic mass is 15.1. The SMILES string of the molecule is CCCC(C)c1cnc2[nH]ncc2c1. The average molecular weight is 189 g/mol. The van der Waals surface area contributed by atoms with Gasteiger partial charge in [0.1, 0.15) is 0 Å². The number of hydrogen-bond donors (Lipinski definition) is 1. The first-order chi connectivity index (χ1) is 6.81. The molecule has 1 atom stereocenters. The highest BCUT2D eigenvalue weighted by Crippen LogP contribution is 2.22. The number of aromatic nitrogens is 3. The van der Waals surface area contributed by atoms with Crippen molar-refractivity contribution in [3.05, 3.63) is 24.0 Å². The molecule has 1 unspecified atom stereocenters. The molecular formula is C11H15N3. The smallest absolute Gasteiger partial charge is 0.155 e. The molecule has 2 heterocycles. The average Bonchev–Trinajstić information content (AvgIpc) is 2.64. The van der Waals surface area contributed by atoms with Crippen molar-refractivity contribution in [3.63, 3.8) is 0 Å². The number of nitrogens with one attached hydrogen (secondary N) is 1. The van der Waals surface area contributed by atoms with Crippen LogP contribution in [0.2, 0.25) is 0 Å². The summed E-state index contributed by atoms with van der Waals surface area (Å²) in [6, 6.07) is 2.17. The number of pyridine rings is 1. The van der Waals surface area contributed by atoms with Crippen molar-refractivity contribution in [1.82, 2.24) is 15.2 Å². The molecular weight excluding hydrogens is 174 g/mol. The van der Waals surface area contributed by atoms with E-state index in [9.17, 15) is 0 Å². The summed E-state index contributed by atoms with van der Waals surface area (Å²) >= 11 is 0. The third-order valence-electron chi connectivity index (χ3n) is 2.60. The van der Waals surface area contributed by atoms with Gasteiger partial charge in [-0.2, -0.15) is 5.10 Å². The maximum Gasteiger partial charge on any atom is 0.155 e. The summed E-state index contributed by atoms with van der Waals surface area (Å²) in [5.41, 5.74) is 2.18. The molecule has 0 saturated heterocycles. The van der Waals surface area contributed by atoms with Gasteiger partial charge in [0.05, 0.1) is 6.20 Å². The van der Waals surface area contributed by atoms with E-state index in [0.29, 0.717) is 5.92 Å². The largest absolute Gasteiger partial charge is 0.261 e. The molecule has 14 heavy (non-hydrogen) atoms. The second kappa shape index (κ2) is 3.78. The van der Waals surface area contributed by atoms with Crippen molar-refractivity contribution in [1.29, 1.82) is 0 Å². The van der Waals surface area contributed by atoms with E-state index in [1.165, 1.54) is 18.4 Å². The van der Waals surface area contributed by atoms with Crippen molar-refractivity contribution in [2.24, 2.45) is 0 Å². The molecule has 3 nitrogen and oxygen atoms in total. The highest BCUT2D eigenvalue weighted by Gasteiger charge is 2.06. The van der Waals surface area contributed by atoms with E-state index in [2.05, 4.69) is 35.1 Å². The number of fused-ring (bicyclic) bond motifs is 1. The summed E-state index contributed by atoms with van der Waals surface area (Å²) in [6.45, 7) is 4.45. The summed E-state index contributed by atoms with van der Waals surface area (Å²) in [6.07, 6.45) is 6.20. The molecule has 0 amide bonds. The van der Waals surface area contributed by atoms with Gasteiger partial charge in [0.2, 0.25) is 0 Å². The molecule has 0 aliphatic rings. The van der Waals surface area contributed by atoms with E-state index >= 15 is 0 Å². The van der Waals surface area contributed by atoms with Gasteiger partial charge in [0, 0.05) is 11.6 Å². The summed E-state index contributed by atoms with van der Waals surface area (Å²) in [5, 5.41) is 7.92. The van der Waals surface area contributed by atoms with Crippen molar-refractivity contribution in [2.75, 3.05) is 0 Å². The minimum absolute atomic E-state index is 0.590. The van der Waals surface area contributed by atoms with Crippen LogP contribution in [-0.4, -0.2) is 15.2 Å². The topological polar surface area (TPSA) is 41.6 Å². The summed E-state index contributed by atoms with van der Waals surface area (Å²) in [5.74, 6) is 0.590. The lowest BCUT2D eigenvalue weighted by molar-refractivity contribution is 0.663. The van der Waals surface area contributed by atoms with Crippen LogP contribution in [0.3, 0.4) is 0 Å². The van der Waals surface area contributed by atoms with Crippen LogP contribution in [0, 0.1) is 0 Å². The Morgan fingerprint density at radius 1 is 1.43 bits per heavy atom. The molecule has 0 saturated carbocycles. The predicted octanol–water partition coefficient (Wildman–Crippen LogP) is 2.86. The number of nitrogens with zero attached hydrogens (tertiary/aromatic N) is 2. The third-order valence-corrected chi connectivity index (χ3v) is 2.60. The van der Waals surface area contributed by atoms with Crippen LogP contribution in [0.1, 0.15) is 38.2 Å². The Balaban J connectivity index is 2.33. The van der Waals surface area contributed by atoms with Crippen LogP contribution in [0.15, 0.2) is 18.5 Å². The van der Waals surface area contributed by atoms with Crippen LogP contribution in [0.4, 0.5) is 0 Å². The maximum absolute atomic E-state index is 4.33. The molecule has 0 fully saturated rings. The standard InChI is InChI=1S/C11H15N3/c1-3-4-8(2)9-5-10-7-13-14-11(10)12-6-9/h5-8H,3-4H2,1-2H3,(H,12,13,14). The van der Waals surface area contributed by atoms with Gasteiger partial charge in [-0.1, -0.05) is 20.3 Å². The molecule has 2 rings (SSSR count). The molecule has 74 valence electrons. The molecule has 0 radical (unpaired) electrons. The van der Waals surface area contributed by atoms with E-state index in [-0.39, 0.29) is 0 Å². The lowest BCUT2D eigenvalue weighted by Crippen LogP contribution is -1.93. The Morgan fingerprint density at radius 2 is 2.29 bits per heavy atom. The molecule has 0 aliphatic carbocycles. The van der Waals surface area contributed by atoms with Gasteiger partial charge in [-0.15, -0.1) is 0 Å². The van der Waals surface area contributed by atoms with Crippen molar-refractivity contribution in [3.8, 4) is 0 Å². The number of hydrogen-bond acceptors (Lipinski definition) is 2. The second-order valence-electron chi connectivity index (χ2n) is 3.77. The molecule has 2 aromatic rings. The zero-order valence-corrected chi connectivity index (χ0v) is 8.62. The zero-order chi connectivity index (χ0) is 9.97. The van der Waals surface area contributed by atoms with Gasteiger partial charge < -0.3 is 0 Å². The van der Waals surface area contributed by atoms with E-state index < -0.39 is 0 Å². The monoisotopic (exact) mass is 189 g/mol. The Hall–Kier alpha value is -1.38. The fourth-order valence-electron chi connectivity index (χ4n) is 1.72. The normalized spacial score (nSPS) is 13.3. The molecule has 0 bridgehead atoms. The third kappa shape index (κ3) is 1.62. The number of aromatic amines is 1. The fraction of sp³-hybridized carbons (Fsp3) is 0.455. The minimum atomic E-state index is 0.590. The lowest BCUT2D eigenvalue weighted by Gasteiger charge is -2.09. The van der Waals surface area contributed by atoms with Crippen LogP contribution in [0.25, 0.3) is 11.0 Å². The first-order valence-electron chi connectivity index (χ1n) is 5.10. The van der Waals surface area contributed by atoms with Crippen molar-refractivity contribution in [2.45, 2.75) is 32.6 Å². The molecule has 0 aliphatic heterocycles. The van der Waals surface area contributed by atoms with Gasteiger partial charge in [-0.05, 0) is 24.0 Å². The Labute approximate surface area is 83.6 Å². The van der Waals surface area contributed by atoms with E-state index in [1.807, 2.05) is 12.4 Å². The maximum atomic E-state index is 4.33. The Bertz CT molecular complexity index is 419. The van der Waals surface area contributed by atoms with Crippen LogP contribution >= 0.6 is 0 Å². The van der Waals surface area contributed by atoms with Gasteiger partial charge >= 0.3 is 0 Å². The lowest BCUT2D eigenvalue weighted by atomic mass is 9.98. The van der Waals surface area contributed by atoms with Gasteiger partial charge in [-0.25, -0.2) is 4.98 Å².